The minimum absolute atomic E-state index is 0.307. The van der Waals surface area contributed by atoms with Crippen LogP contribution in [0.2, 0.25) is 0 Å². The highest BCUT2D eigenvalue weighted by atomic mass is 79.9. The molecule has 1 aromatic rings. The predicted molar refractivity (Wildman–Crippen MR) is 67.7 cm³/mol. The van der Waals surface area contributed by atoms with E-state index in [4.69, 9.17) is 4.74 Å². The third-order valence-electron chi connectivity index (χ3n) is 1.88. The average Bonchev–Trinajstić information content (AvgIpc) is 2.29. The minimum Gasteiger partial charge on any atom is -0.383 e. The summed E-state index contributed by atoms with van der Waals surface area (Å²) in [5.74, 6) is -1.37. The molecule has 0 radical (unpaired) electrons. The summed E-state index contributed by atoms with van der Waals surface area (Å²) >= 11 is 3.27. The molecule has 0 fully saturated rings. The molecule has 0 heterocycles. The number of hydrogen-bond donors (Lipinski definition) is 2. The standard InChI is InChI=1S/C11H13BrN2O3/c1-17-6-5-13-10(15)11(16)14-9-4-2-3-8(12)7-9/h2-4,7H,5-6H2,1H3,(H,13,15)(H,14,16). The van der Waals surface area contributed by atoms with E-state index >= 15 is 0 Å². The zero-order valence-electron chi connectivity index (χ0n) is 9.33. The lowest BCUT2D eigenvalue weighted by atomic mass is 10.3. The van der Waals surface area contributed by atoms with Gasteiger partial charge in [0.15, 0.2) is 0 Å². The van der Waals surface area contributed by atoms with Gasteiger partial charge in [0.1, 0.15) is 0 Å². The summed E-state index contributed by atoms with van der Waals surface area (Å²) in [5, 5.41) is 4.92. The molecule has 0 aliphatic rings. The Labute approximate surface area is 108 Å². The Balaban J connectivity index is 2.46. The number of methoxy groups -OCH3 is 1. The van der Waals surface area contributed by atoms with E-state index in [0.717, 1.165) is 4.47 Å². The largest absolute Gasteiger partial charge is 0.383 e. The molecule has 0 aliphatic heterocycles. The fourth-order valence-corrected chi connectivity index (χ4v) is 1.50. The number of benzene rings is 1. The van der Waals surface area contributed by atoms with Crippen molar-refractivity contribution >= 4 is 33.4 Å². The Bertz CT molecular complexity index is 409. The Kier molecular flexibility index (Phi) is 5.65. The van der Waals surface area contributed by atoms with Crippen molar-refractivity contribution in [3.05, 3.63) is 28.7 Å². The van der Waals surface area contributed by atoms with Crippen molar-refractivity contribution in [3.8, 4) is 0 Å². The van der Waals surface area contributed by atoms with Gasteiger partial charge in [-0.25, -0.2) is 0 Å². The first-order valence-corrected chi connectivity index (χ1v) is 5.76. The molecular formula is C11H13BrN2O3. The van der Waals surface area contributed by atoms with E-state index in [1.165, 1.54) is 7.11 Å². The van der Waals surface area contributed by atoms with Crippen molar-refractivity contribution in [1.82, 2.24) is 5.32 Å². The second-order valence-electron chi connectivity index (χ2n) is 3.21. The summed E-state index contributed by atoms with van der Waals surface area (Å²) < 4.78 is 5.58. The van der Waals surface area contributed by atoms with E-state index < -0.39 is 11.8 Å². The van der Waals surface area contributed by atoms with E-state index in [2.05, 4.69) is 26.6 Å². The molecule has 1 aromatic carbocycles. The maximum Gasteiger partial charge on any atom is 0.313 e. The first kappa shape index (κ1) is 13.7. The lowest BCUT2D eigenvalue weighted by Crippen LogP contribution is -2.37. The molecule has 0 spiro atoms. The molecule has 0 aliphatic carbocycles. The Hall–Kier alpha value is -1.40. The van der Waals surface area contributed by atoms with Crippen molar-refractivity contribution in [1.29, 1.82) is 0 Å². The van der Waals surface area contributed by atoms with Crippen LogP contribution in [0.15, 0.2) is 28.7 Å². The SMILES string of the molecule is COCCNC(=O)C(=O)Nc1cccc(Br)c1. The van der Waals surface area contributed by atoms with Gasteiger partial charge in [0.25, 0.3) is 0 Å². The monoisotopic (exact) mass is 300 g/mol. The topological polar surface area (TPSA) is 67.4 Å². The molecule has 5 nitrogen and oxygen atoms in total. The molecule has 2 amide bonds. The Morgan fingerprint density at radius 1 is 1.35 bits per heavy atom. The number of halogens is 1. The maximum atomic E-state index is 11.4. The van der Waals surface area contributed by atoms with Gasteiger partial charge in [-0.05, 0) is 18.2 Å². The van der Waals surface area contributed by atoms with Crippen molar-refractivity contribution in [3.63, 3.8) is 0 Å². The molecule has 0 aromatic heterocycles. The quantitative estimate of drug-likeness (QED) is 0.647. The number of anilines is 1. The smallest absolute Gasteiger partial charge is 0.313 e. The second kappa shape index (κ2) is 7.03. The van der Waals surface area contributed by atoms with Gasteiger partial charge in [0.05, 0.1) is 6.61 Å². The highest BCUT2D eigenvalue weighted by Gasteiger charge is 2.12. The molecule has 0 saturated carbocycles. The summed E-state index contributed by atoms with van der Waals surface area (Å²) in [4.78, 5) is 22.8. The Morgan fingerprint density at radius 2 is 2.12 bits per heavy atom. The number of nitrogens with one attached hydrogen (secondary N) is 2. The number of carbonyl (C=O) groups excluding carboxylic acids is 2. The van der Waals surface area contributed by atoms with Crippen LogP contribution in [0.5, 0.6) is 0 Å². The molecule has 6 heteroatoms. The Morgan fingerprint density at radius 3 is 2.76 bits per heavy atom. The van der Waals surface area contributed by atoms with E-state index in [0.29, 0.717) is 18.8 Å². The summed E-state index contributed by atoms with van der Waals surface area (Å²) in [6, 6.07) is 7.00. The van der Waals surface area contributed by atoms with Crippen LogP contribution < -0.4 is 10.6 Å². The van der Waals surface area contributed by atoms with Crippen molar-refractivity contribution in [2.45, 2.75) is 0 Å². The zero-order chi connectivity index (χ0) is 12.7. The zero-order valence-corrected chi connectivity index (χ0v) is 10.9. The lowest BCUT2D eigenvalue weighted by Gasteiger charge is -2.06. The average molecular weight is 301 g/mol. The maximum absolute atomic E-state index is 11.4. The van der Waals surface area contributed by atoms with Gasteiger partial charge < -0.3 is 15.4 Å². The van der Waals surface area contributed by atoms with E-state index in [1.54, 1.807) is 18.2 Å². The summed E-state index contributed by atoms with van der Waals surface area (Å²) in [7, 11) is 1.52. The first-order valence-electron chi connectivity index (χ1n) is 4.97. The van der Waals surface area contributed by atoms with Gasteiger partial charge >= 0.3 is 11.8 Å². The van der Waals surface area contributed by atoms with Gasteiger partial charge in [0.2, 0.25) is 0 Å². The van der Waals surface area contributed by atoms with Gasteiger partial charge in [-0.1, -0.05) is 22.0 Å². The number of amides is 2. The highest BCUT2D eigenvalue weighted by molar-refractivity contribution is 9.10. The number of rotatable bonds is 4. The molecule has 1 rings (SSSR count). The molecular weight excluding hydrogens is 288 g/mol. The van der Waals surface area contributed by atoms with Crippen LogP contribution in [0.25, 0.3) is 0 Å². The fourth-order valence-electron chi connectivity index (χ4n) is 1.10. The van der Waals surface area contributed by atoms with Gasteiger partial charge in [-0.3, -0.25) is 9.59 Å². The third-order valence-corrected chi connectivity index (χ3v) is 2.37. The first-order chi connectivity index (χ1) is 8.13. The van der Waals surface area contributed by atoms with Crippen LogP contribution in [0, 0.1) is 0 Å². The minimum atomic E-state index is -0.695. The van der Waals surface area contributed by atoms with Crippen LogP contribution in [-0.4, -0.2) is 32.1 Å². The predicted octanol–water partition coefficient (Wildman–Crippen LogP) is 1.15. The summed E-state index contributed by atoms with van der Waals surface area (Å²) in [6.07, 6.45) is 0. The van der Waals surface area contributed by atoms with E-state index in [-0.39, 0.29) is 0 Å². The van der Waals surface area contributed by atoms with Crippen molar-refractivity contribution in [2.75, 3.05) is 25.6 Å². The molecule has 2 N–H and O–H groups in total. The molecule has 0 unspecified atom stereocenters. The van der Waals surface area contributed by atoms with Crippen LogP contribution in [-0.2, 0) is 14.3 Å². The van der Waals surface area contributed by atoms with Gasteiger partial charge in [0, 0.05) is 23.8 Å². The summed E-state index contributed by atoms with van der Waals surface area (Å²) in [5.41, 5.74) is 0.561. The molecule has 0 bridgehead atoms. The van der Waals surface area contributed by atoms with E-state index in [1.807, 2.05) is 6.07 Å². The van der Waals surface area contributed by atoms with E-state index in [9.17, 15) is 9.59 Å². The van der Waals surface area contributed by atoms with Crippen LogP contribution in [0.4, 0.5) is 5.69 Å². The van der Waals surface area contributed by atoms with Crippen LogP contribution in [0.3, 0.4) is 0 Å². The molecule has 0 saturated heterocycles. The van der Waals surface area contributed by atoms with Crippen molar-refractivity contribution in [2.24, 2.45) is 0 Å². The number of carbonyl (C=O) groups is 2. The molecule has 0 atom stereocenters. The van der Waals surface area contributed by atoms with Crippen molar-refractivity contribution < 1.29 is 14.3 Å². The lowest BCUT2D eigenvalue weighted by molar-refractivity contribution is -0.136. The second-order valence-corrected chi connectivity index (χ2v) is 4.13. The number of ether oxygens (including phenoxy) is 1. The highest BCUT2D eigenvalue weighted by Crippen LogP contribution is 2.15. The third kappa shape index (κ3) is 4.97. The fraction of sp³-hybridized carbons (Fsp3) is 0.273. The van der Waals surface area contributed by atoms with Gasteiger partial charge in [-0.2, -0.15) is 0 Å². The number of hydrogen-bond acceptors (Lipinski definition) is 3. The molecule has 17 heavy (non-hydrogen) atoms. The van der Waals surface area contributed by atoms with Gasteiger partial charge in [-0.15, -0.1) is 0 Å². The molecule has 92 valence electrons. The summed E-state index contributed by atoms with van der Waals surface area (Å²) in [6.45, 7) is 0.678. The normalized spacial score (nSPS) is 9.76. The van der Waals surface area contributed by atoms with Crippen LogP contribution >= 0.6 is 15.9 Å². The van der Waals surface area contributed by atoms with Crippen LogP contribution in [0.1, 0.15) is 0 Å².